The van der Waals surface area contributed by atoms with Gasteiger partial charge < -0.3 is 14.9 Å². The van der Waals surface area contributed by atoms with Crippen LogP contribution in [0.1, 0.15) is 20.1 Å². The number of rotatable bonds is 4. The Balaban J connectivity index is 2.35. The molecule has 23 heavy (non-hydrogen) atoms. The fraction of sp³-hybridized carbons (Fsp3) is 0.500. The van der Waals surface area contributed by atoms with Gasteiger partial charge in [0.1, 0.15) is 18.1 Å². The predicted octanol–water partition coefficient (Wildman–Crippen LogP) is -0.685. The van der Waals surface area contributed by atoms with E-state index < -0.39 is 36.7 Å². The highest BCUT2D eigenvalue weighted by atomic mass is 16.5. The van der Waals surface area contributed by atoms with Crippen LogP contribution in [0.15, 0.2) is 22.1 Å². The molecule has 122 valence electrons. The molecule has 1 unspecified atom stereocenters. The van der Waals surface area contributed by atoms with Crippen molar-refractivity contribution in [1.29, 1.82) is 5.26 Å². The van der Waals surface area contributed by atoms with Gasteiger partial charge in [-0.05, 0) is 13.0 Å². The number of ether oxygens (including phenoxy) is 1. The minimum Gasteiger partial charge on any atom is -0.394 e. The van der Waals surface area contributed by atoms with Gasteiger partial charge in [-0.2, -0.15) is 10.2 Å². The zero-order valence-corrected chi connectivity index (χ0v) is 12.6. The topological polar surface area (TPSA) is 138 Å². The molecule has 2 heterocycles. The fourth-order valence-corrected chi connectivity index (χ4v) is 2.18. The number of nitriles is 1. The number of aliphatic hydroxyl groups excluding tert-OH is 2. The second-order valence-electron chi connectivity index (χ2n) is 5.12. The third kappa shape index (κ3) is 3.34. The fourth-order valence-electron chi connectivity index (χ4n) is 2.18. The lowest BCUT2D eigenvalue weighted by molar-refractivity contribution is -0.111. The molecular formula is C14H16N4O5. The van der Waals surface area contributed by atoms with Gasteiger partial charge in [-0.25, -0.2) is 9.79 Å². The summed E-state index contributed by atoms with van der Waals surface area (Å²) in [4.78, 5) is 30.9. The van der Waals surface area contributed by atoms with Crippen molar-refractivity contribution < 1.29 is 19.7 Å². The summed E-state index contributed by atoms with van der Waals surface area (Å²) in [5.74, 6) is -1.20. The van der Waals surface area contributed by atoms with Crippen LogP contribution in [0.25, 0.3) is 0 Å². The van der Waals surface area contributed by atoms with E-state index in [1.54, 1.807) is 0 Å². The number of ketones is 1. The van der Waals surface area contributed by atoms with E-state index in [4.69, 9.17) is 15.1 Å². The van der Waals surface area contributed by atoms with Crippen molar-refractivity contribution in [3.63, 3.8) is 0 Å². The van der Waals surface area contributed by atoms with Crippen LogP contribution in [0.5, 0.6) is 0 Å². The molecule has 0 spiro atoms. The lowest BCUT2D eigenvalue weighted by Crippen LogP contribution is -2.31. The predicted molar refractivity (Wildman–Crippen MR) is 78.1 cm³/mol. The van der Waals surface area contributed by atoms with Crippen molar-refractivity contribution >= 4 is 17.3 Å². The molecule has 0 saturated carbocycles. The number of aliphatic hydroxyl groups is 2. The molecule has 0 bridgehead atoms. The number of nitrogens with zero attached hydrogens (tertiary/aromatic N) is 4. The van der Waals surface area contributed by atoms with E-state index in [0.29, 0.717) is 0 Å². The summed E-state index contributed by atoms with van der Waals surface area (Å²) >= 11 is 0. The summed E-state index contributed by atoms with van der Waals surface area (Å²) in [7, 11) is 0. The van der Waals surface area contributed by atoms with Gasteiger partial charge in [0.25, 0.3) is 0 Å². The number of carbonyl (C=O) groups is 1. The van der Waals surface area contributed by atoms with Crippen LogP contribution in [0.2, 0.25) is 0 Å². The van der Waals surface area contributed by atoms with Crippen LogP contribution in [-0.4, -0.2) is 50.1 Å². The van der Waals surface area contributed by atoms with E-state index in [1.807, 2.05) is 6.07 Å². The van der Waals surface area contributed by atoms with Gasteiger partial charge in [-0.3, -0.25) is 9.36 Å². The van der Waals surface area contributed by atoms with E-state index in [0.717, 1.165) is 4.57 Å². The number of carbonyl (C=O) groups excluding carboxylic acids is 1. The van der Waals surface area contributed by atoms with Crippen LogP contribution in [-0.2, 0) is 9.53 Å². The SMILES string of the molecule is CC(=O)/C(C)=N/c1ccn(C2O[C@H](CO)[C@@H](O)[C@@H]2C#N)c(=O)n1. The minimum atomic E-state index is -1.21. The van der Waals surface area contributed by atoms with Gasteiger partial charge in [0.2, 0.25) is 0 Å². The first-order valence-corrected chi connectivity index (χ1v) is 6.88. The number of Topliss-reactive ketones (excluding diaryl/α,β-unsaturated/α-hetero) is 1. The van der Waals surface area contributed by atoms with Crippen molar-refractivity contribution in [2.75, 3.05) is 6.61 Å². The largest absolute Gasteiger partial charge is 0.394 e. The van der Waals surface area contributed by atoms with Crippen molar-refractivity contribution in [3.8, 4) is 6.07 Å². The van der Waals surface area contributed by atoms with Crippen molar-refractivity contribution in [3.05, 3.63) is 22.7 Å². The van der Waals surface area contributed by atoms with Crippen molar-refractivity contribution in [2.24, 2.45) is 10.9 Å². The molecule has 1 fully saturated rings. The van der Waals surface area contributed by atoms with Crippen LogP contribution < -0.4 is 5.69 Å². The summed E-state index contributed by atoms with van der Waals surface area (Å²) in [5, 5.41) is 28.2. The second-order valence-corrected chi connectivity index (χ2v) is 5.12. The molecule has 1 aromatic rings. The van der Waals surface area contributed by atoms with E-state index >= 15 is 0 Å². The zero-order chi connectivity index (χ0) is 17.1. The normalized spacial score (nSPS) is 27.7. The molecule has 9 heteroatoms. The quantitative estimate of drug-likeness (QED) is 0.700. The van der Waals surface area contributed by atoms with Gasteiger partial charge in [-0.15, -0.1) is 0 Å². The maximum Gasteiger partial charge on any atom is 0.351 e. The Kier molecular flexibility index (Phi) is 5.00. The zero-order valence-electron chi connectivity index (χ0n) is 12.6. The van der Waals surface area contributed by atoms with Gasteiger partial charge in [0.15, 0.2) is 17.8 Å². The maximum absolute atomic E-state index is 12.1. The van der Waals surface area contributed by atoms with E-state index in [9.17, 15) is 14.7 Å². The first-order valence-electron chi connectivity index (χ1n) is 6.88. The lowest BCUT2D eigenvalue weighted by atomic mass is 10.0. The summed E-state index contributed by atoms with van der Waals surface area (Å²) < 4.78 is 6.41. The smallest absolute Gasteiger partial charge is 0.351 e. The number of hydrogen-bond donors (Lipinski definition) is 2. The molecule has 4 atom stereocenters. The van der Waals surface area contributed by atoms with Crippen LogP contribution in [0.3, 0.4) is 0 Å². The third-order valence-corrected chi connectivity index (χ3v) is 3.58. The van der Waals surface area contributed by atoms with Gasteiger partial charge in [0.05, 0.1) is 18.4 Å². The summed E-state index contributed by atoms with van der Waals surface area (Å²) in [5.41, 5.74) is -0.531. The summed E-state index contributed by atoms with van der Waals surface area (Å²) in [6, 6.07) is 3.26. The van der Waals surface area contributed by atoms with Crippen molar-refractivity contribution in [2.45, 2.75) is 32.3 Å². The molecule has 0 aromatic carbocycles. The third-order valence-electron chi connectivity index (χ3n) is 3.58. The standard InChI is InChI=1S/C14H16N4O5/c1-7(8(2)20)16-11-3-4-18(14(22)17-11)13-9(5-15)12(21)10(6-19)23-13/h3-4,9-10,12-13,19,21H,6H2,1-2H3/b16-7+/t9-,10+,12-,13?/m0/s1. The van der Waals surface area contributed by atoms with Gasteiger partial charge >= 0.3 is 5.69 Å². The monoisotopic (exact) mass is 320 g/mol. The van der Waals surface area contributed by atoms with E-state index in [1.165, 1.54) is 26.1 Å². The van der Waals surface area contributed by atoms with E-state index in [2.05, 4.69) is 9.98 Å². The average molecular weight is 320 g/mol. The highest BCUT2D eigenvalue weighted by molar-refractivity contribution is 6.38. The Morgan fingerprint density at radius 2 is 2.26 bits per heavy atom. The Bertz CT molecular complexity index is 735. The highest BCUT2D eigenvalue weighted by Gasteiger charge is 2.45. The average Bonchev–Trinajstić information content (AvgIpc) is 2.83. The summed E-state index contributed by atoms with van der Waals surface area (Å²) in [6.45, 7) is 2.38. The highest BCUT2D eigenvalue weighted by Crippen LogP contribution is 2.33. The Hall–Kier alpha value is -2.41. The molecule has 1 aromatic heterocycles. The maximum atomic E-state index is 12.1. The molecule has 0 amide bonds. The molecule has 9 nitrogen and oxygen atoms in total. The molecule has 1 aliphatic heterocycles. The Labute approximate surface area is 131 Å². The minimum absolute atomic E-state index is 0.0599. The van der Waals surface area contributed by atoms with Crippen LogP contribution in [0.4, 0.5) is 5.82 Å². The van der Waals surface area contributed by atoms with Crippen LogP contribution >= 0.6 is 0 Å². The molecule has 2 N–H and O–H groups in total. The number of aliphatic imine (C=N–C) groups is 1. The first kappa shape index (κ1) is 17.0. The van der Waals surface area contributed by atoms with E-state index in [-0.39, 0.29) is 17.3 Å². The lowest BCUT2D eigenvalue weighted by Gasteiger charge is -2.16. The molecule has 1 aliphatic rings. The van der Waals surface area contributed by atoms with Crippen molar-refractivity contribution in [1.82, 2.24) is 9.55 Å². The Morgan fingerprint density at radius 1 is 1.57 bits per heavy atom. The van der Waals surface area contributed by atoms with Crippen LogP contribution in [0, 0.1) is 17.2 Å². The second kappa shape index (κ2) is 6.78. The number of aromatic nitrogens is 2. The van der Waals surface area contributed by atoms with Gasteiger partial charge in [0, 0.05) is 13.1 Å². The molecular weight excluding hydrogens is 304 g/mol. The molecule has 0 aliphatic carbocycles. The summed E-state index contributed by atoms with van der Waals surface area (Å²) in [6.07, 6.45) is -1.89. The molecule has 0 radical (unpaired) electrons. The first-order chi connectivity index (χ1) is 10.9. The molecule has 1 saturated heterocycles. The van der Waals surface area contributed by atoms with Gasteiger partial charge in [-0.1, -0.05) is 0 Å². The number of hydrogen-bond acceptors (Lipinski definition) is 8. The Morgan fingerprint density at radius 3 is 2.78 bits per heavy atom. The molecule has 2 rings (SSSR count).